The predicted octanol–water partition coefficient (Wildman–Crippen LogP) is 11.1. The molecule has 0 fully saturated rings. The number of nitrogens with zero attached hydrogens (tertiary/aromatic N) is 3. The topological polar surface area (TPSA) is 43.9 Å². The molecule has 0 saturated heterocycles. The van der Waals surface area contributed by atoms with Gasteiger partial charge in [-0.15, -0.1) is 0 Å². The van der Waals surface area contributed by atoms with Crippen molar-refractivity contribution in [2.24, 2.45) is 0 Å². The Labute approximate surface area is 263 Å². The summed E-state index contributed by atoms with van der Waals surface area (Å²) in [5.74, 6) is 0. The minimum Gasteiger partial charge on any atom is -0.455 e. The van der Waals surface area contributed by atoms with Crippen molar-refractivity contribution in [1.82, 2.24) is 14.5 Å². The molecule has 0 atom stereocenters. The maximum absolute atomic E-state index is 6.48. The van der Waals surface area contributed by atoms with Crippen molar-refractivity contribution < 1.29 is 4.42 Å². The molecular weight excluding hydrogens is 562 g/mol. The second-order valence-electron chi connectivity index (χ2n) is 11.8. The third-order valence-corrected chi connectivity index (χ3v) is 9.28. The van der Waals surface area contributed by atoms with Gasteiger partial charge in [-0.25, -0.2) is 0 Å². The molecule has 214 valence electrons. The van der Waals surface area contributed by atoms with Crippen molar-refractivity contribution in [3.8, 4) is 27.9 Å². The molecule has 0 N–H and O–H groups in total. The molecule has 0 aliphatic heterocycles. The van der Waals surface area contributed by atoms with Gasteiger partial charge >= 0.3 is 0 Å². The monoisotopic (exact) mass is 587 g/mol. The number of para-hydroxylation sites is 2. The van der Waals surface area contributed by atoms with E-state index in [0.717, 1.165) is 71.9 Å². The Kier molecular flexibility index (Phi) is 5.25. The normalized spacial score (nSPS) is 11.9. The largest absolute Gasteiger partial charge is 0.455 e. The van der Waals surface area contributed by atoms with Crippen LogP contribution in [-0.4, -0.2) is 14.5 Å². The van der Waals surface area contributed by atoms with E-state index in [1.54, 1.807) is 12.4 Å². The Morgan fingerprint density at radius 3 is 2.13 bits per heavy atom. The third kappa shape index (κ3) is 3.61. The zero-order valence-corrected chi connectivity index (χ0v) is 24.7. The number of rotatable bonds is 3. The fourth-order valence-corrected chi connectivity index (χ4v) is 7.22. The lowest BCUT2D eigenvalue weighted by molar-refractivity contribution is 0.670. The smallest absolute Gasteiger partial charge is 0.143 e. The first-order chi connectivity index (χ1) is 22.8. The molecular formula is C42H25N3O. The zero-order valence-electron chi connectivity index (χ0n) is 24.7. The molecule has 46 heavy (non-hydrogen) atoms. The summed E-state index contributed by atoms with van der Waals surface area (Å²) < 4.78 is 8.90. The molecule has 10 aromatic rings. The molecule has 0 amide bonds. The van der Waals surface area contributed by atoms with Gasteiger partial charge in [0.05, 0.1) is 27.8 Å². The van der Waals surface area contributed by atoms with E-state index < -0.39 is 0 Å². The molecule has 0 saturated carbocycles. The highest BCUT2D eigenvalue weighted by atomic mass is 16.3. The quantitative estimate of drug-likeness (QED) is 0.207. The minimum atomic E-state index is 0.858. The van der Waals surface area contributed by atoms with Gasteiger partial charge in [0.1, 0.15) is 11.2 Å². The van der Waals surface area contributed by atoms with Crippen LogP contribution >= 0.6 is 0 Å². The van der Waals surface area contributed by atoms with Crippen LogP contribution in [0.4, 0.5) is 0 Å². The number of fused-ring (bicyclic) bond motifs is 9. The summed E-state index contributed by atoms with van der Waals surface area (Å²) in [4.78, 5) is 9.40. The molecule has 4 heteroatoms. The maximum Gasteiger partial charge on any atom is 0.143 e. The summed E-state index contributed by atoms with van der Waals surface area (Å²) in [5.41, 5.74) is 11.3. The van der Waals surface area contributed by atoms with E-state index in [2.05, 4.69) is 137 Å². The van der Waals surface area contributed by atoms with Gasteiger partial charge in [-0.2, -0.15) is 0 Å². The first-order valence-corrected chi connectivity index (χ1v) is 15.5. The molecule has 10 rings (SSSR count). The molecule has 0 aliphatic carbocycles. The Bertz CT molecular complexity index is 2810. The predicted molar refractivity (Wildman–Crippen MR) is 190 cm³/mol. The minimum absolute atomic E-state index is 0.858. The fraction of sp³-hybridized carbons (Fsp3) is 0. The number of aromatic nitrogens is 3. The molecule has 0 unspecified atom stereocenters. The van der Waals surface area contributed by atoms with Crippen molar-refractivity contribution in [2.75, 3.05) is 0 Å². The van der Waals surface area contributed by atoms with Crippen molar-refractivity contribution in [3.05, 3.63) is 152 Å². The average Bonchev–Trinajstić information content (AvgIpc) is 3.67. The molecule has 7 aromatic carbocycles. The van der Waals surface area contributed by atoms with Crippen LogP contribution in [0.1, 0.15) is 0 Å². The van der Waals surface area contributed by atoms with Gasteiger partial charge in [0.2, 0.25) is 0 Å². The lowest BCUT2D eigenvalue weighted by atomic mass is 9.99. The Balaban J connectivity index is 1.35. The molecule has 0 spiro atoms. The number of hydrogen-bond donors (Lipinski definition) is 0. The van der Waals surface area contributed by atoms with Crippen molar-refractivity contribution >= 4 is 65.6 Å². The fourth-order valence-electron chi connectivity index (χ4n) is 7.22. The van der Waals surface area contributed by atoms with E-state index in [1.807, 2.05) is 12.1 Å². The maximum atomic E-state index is 6.48. The summed E-state index contributed by atoms with van der Waals surface area (Å²) >= 11 is 0. The second-order valence-corrected chi connectivity index (χ2v) is 11.8. The first-order valence-electron chi connectivity index (χ1n) is 15.5. The van der Waals surface area contributed by atoms with E-state index in [9.17, 15) is 0 Å². The van der Waals surface area contributed by atoms with Gasteiger partial charge in [-0.05, 0) is 52.2 Å². The summed E-state index contributed by atoms with van der Waals surface area (Å²) in [6.07, 6.45) is 3.52. The molecule has 4 nitrogen and oxygen atoms in total. The highest BCUT2D eigenvalue weighted by Crippen LogP contribution is 2.43. The standard InChI is InChI=1S/C42H25N3O/c1-2-9-26(10-3-1)34-24-35-36(44-22-21-43-35)25-39(34)45-37-20-18-27-11-4-5-12-29(27)41(37)33-19-17-28(23-38(33)45)30-14-8-15-32-31-13-6-7-16-40(31)46-42(30)32/h1-25H. The molecule has 0 aliphatic rings. The summed E-state index contributed by atoms with van der Waals surface area (Å²) in [6, 6.07) is 49.6. The number of furan rings is 1. The van der Waals surface area contributed by atoms with Crippen LogP contribution in [0.5, 0.6) is 0 Å². The average molecular weight is 588 g/mol. The van der Waals surface area contributed by atoms with Crippen LogP contribution in [-0.2, 0) is 0 Å². The molecule has 3 aromatic heterocycles. The lowest BCUT2D eigenvalue weighted by Gasteiger charge is -2.16. The van der Waals surface area contributed by atoms with Crippen LogP contribution in [0.3, 0.4) is 0 Å². The summed E-state index contributed by atoms with van der Waals surface area (Å²) in [7, 11) is 0. The summed E-state index contributed by atoms with van der Waals surface area (Å²) in [6.45, 7) is 0. The molecule has 0 bridgehead atoms. The first kappa shape index (κ1) is 25.1. The Hall–Kier alpha value is -6.26. The highest BCUT2D eigenvalue weighted by molar-refractivity contribution is 6.22. The van der Waals surface area contributed by atoms with Gasteiger partial charge in [-0.3, -0.25) is 9.97 Å². The zero-order chi connectivity index (χ0) is 30.2. The molecule has 3 heterocycles. The van der Waals surface area contributed by atoms with E-state index in [4.69, 9.17) is 9.40 Å². The van der Waals surface area contributed by atoms with Crippen LogP contribution in [0.25, 0.3) is 93.5 Å². The van der Waals surface area contributed by atoms with Crippen molar-refractivity contribution in [3.63, 3.8) is 0 Å². The van der Waals surface area contributed by atoms with Crippen LogP contribution in [0.15, 0.2) is 156 Å². The van der Waals surface area contributed by atoms with Gasteiger partial charge in [0.15, 0.2) is 0 Å². The van der Waals surface area contributed by atoms with E-state index >= 15 is 0 Å². The third-order valence-electron chi connectivity index (χ3n) is 9.28. The Morgan fingerprint density at radius 1 is 0.478 bits per heavy atom. The van der Waals surface area contributed by atoms with Gasteiger partial charge in [0, 0.05) is 45.1 Å². The van der Waals surface area contributed by atoms with Crippen LogP contribution < -0.4 is 0 Å². The molecule has 0 radical (unpaired) electrons. The van der Waals surface area contributed by atoms with Gasteiger partial charge in [-0.1, -0.05) is 109 Å². The SMILES string of the molecule is c1ccc(-c2cc3nccnc3cc2-n2c3cc(-c4cccc5c4oc4ccccc45)ccc3c3c4ccccc4ccc32)cc1. The number of benzene rings is 7. The Morgan fingerprint density at radius 2 is 1.24 bits per heavy atom. The van der Waals surface area contributed by atoms with Crippen molar-refractivity contribution in [2.45, 2.75) is 0 Å². The lowest BCUT2D eigenvalue weighted by Crippen LogP contribution is -1.99. The van der Waals surface area contributed by atoms with E-state index in [-0.39, 0.29) is 0 Å². The van der Waals surface area contributed by atoms with Crippen LogP contribution in [0.2, 0.25) is 0 Å². The van der Waals surface area contributed by atoms with Gasteiger partial charge in [0.25, 0.3) is 0 Å². The van der Waals surface area contributed by atoms with Crippen molar-refractivity contribution in [1.29, 1.82) is 0 Å². The second kappa shape index (κ2) is 9.62. The van der Waals surface area contributed by atoms with Crippen LogP contribution in [0, 0.1) is 0 Å². The van der Waals surface area contributed by atoms with E-state index in [1.165, 1.54) is 21.5 Å². The van der Waals surface area contributed by atoms with E-state index in [0.29, 0.717) is 0 Å². The van der Waals surface area contributed by atoms with Gasteiger partial charge < -0.3 is 8.98 Å². The summed E-state index contributed by atoms with van der Waals surface area (Å²) in [5, 5.41) is 7.14. The number of hydrogen-bond acceptors (Lipinski definition) is 3. The highest BCUT2D eigenvalue weighted by Gasteiger charge is 2.20.